The Morgan fingerprint density at radius 3 is 2.25 bits per heavy atom. The van der Waals surface area contributed by atoms with E-state index in [1.165, 1.54) is 5.56 Å². The van der Waals surface area contributed by atoms with Gasteiger partial charge in [0.25, 0.3) is 0 Å². The second-order valence-electron chi connectivity index (χ2n) is 8.87. The maximum absolute atomic E-state index is 12.8. The smallest absolute Gasteiger partial charge is 0.161 e. The number of hydrogen-bond acceptors (Lipinski definition) is 4. The van der Waals surface area contributed by atoms with Crippen molar-refractivity contribution in [3.8, 4) is 11.5 Å². The number of ether oxygens (including phenoxy) is 2. The topological polar surface area (TPSA) is 38.8 Å². The Morgan fingerprint density at radius 1 is 0.969 bits per heavy atom. The lowest BCUT2D eigenvalue weighted by Crippen LogP contribution is -2.33. The first kappa shape index (κ1) is 22.1. The van der Waals surface area contributed by atoms with E-state index in [4.69, 9.17) is 9.47 Å². The minimum absolute atomic E-state index is 0.0914. The summed E-state index contributed by atoms with van der Waals surface area (Å²) in [6.45, 7) is 6.70. The standard InChI is InChI=1S/C28H31NO3/c1-21(30)28(2)20-29(17-22-10-6-4-7-11-22)18-25(28)24-14-15-26(31-3)27(16-24)32-19-23-12-8-5-9-13-23/h4-16,25H,17-20H2,1-3H3. The van der Waals surface area contributed by atoms with E-state index in [1.54, 1.807) is 14.0 Å². The van der Waals surface area contributed by atoms with Gasteiger partial charge in [0.2, 0.25) is 0 Å². The van der Waals surface area contributed by atoms with Gasteiger partial charge >= 0.3 is 0 Å². The average Bonchev–Trinajstić information content (AvgIpc) is 3.16. The number of ketones is 1. The molecular weight excluding hydrogens is 398 g/mol. The molecule has 0 radical (unpaired) electrons. The number of methoxy groups -OCH3 is 1. The first-order chi connectivity index (χ1) is 15.5. The van der Waals surface area contributed by atoms with E-state index in [9.17, 15) is 4.79 Å². The Hall–Kier alpha value is -3.11. The number of carbonyl (C=O) groups excluding carboxylic acids is 1. The molecule has 1 aliphatic rings. The van der Waals surface area contributed by atoms with Crippen molar-refractivity contribution >= 4 is 5.78 Å². The molecule has 3 aromatic carbocycles. The van der Waals surface area contributed by atoms with Crippen molar-refractivity contribution < 1.29 is 14.3 Å². The first-order valence-electron chi connectivity index (χ1n) is 11.1. The van der Waals surface area contributed by atoms with Crippen LogP contribution in [0.25, 0.3) is 0 Å². The highest BCUT2D eigenvalue weighted by Gasteiger charge is 2.47. The van der Waals surface area contributed by atoms with Crippen LogP contribution in [-0.4, -0.2) is 30.9 Å². The van der Waals surface area contributed by atoms with Gasteiger partial charge in [-0.15, -0.1) is 0 Å². The van der Waals surface area contributed by atoms with Gasteiger partial charge in [-0.3, -0.25) is 9.69 Å². The highest BCUT2D eigenvalue weighted by Crippen LogP contribution is 2.45. The Kier molecular flexibility index (Phi) is 6.61. The number of carbonyl (C=O) groups is 1. The third-order valence-electron chi connectivity index (χ3n) is 6.64. The number of rotatable bonds is 8. The predicted molar refractivity (Wildman–Crippen MR) is 127 cm³/mol. The van der Waals surface area contributed by atoms with Crippen LogP contribution in [0, 0.1) is 5.41 Å². The Balaban J connectivity index is 1.59. The van der Waals surface area contributed by atoms with Gasteiger partial charge in [-0.25, -0.2) is 0 Å². The van der Waals surface area contributed by atoms with E-state index in [-0.39, 0.29) is 11.7 Å². The normalized spacial score (nSPS) is 20.8. The number of likely N-dealkylation sites (tertiary alicyclic amines) is 1. The molecule has 0 bridgehead atoms. The lowest BCUT2D eigenvalue weighted by molar-refractivity contribution is -0.125. The van der Waals surface area contributed by atoms with Crippen molar-refractivity contribution in [2.75, 3.05) is 20.2 Å². The average molecular weight is 430 g/mol. The maximum Gasteiger partial charge on any atom is 0.161 e. The molecule has 0 spiro atoms. The molecule has 0 amide bonds. The molecule has 166 valence electrons. The van der Waals surface area contributed by atoms with Gasteiger partial charge in [0.15, 0.2) is 11.5 Å². The maximum atomic E-state index is 12.8. The largest absolute Gasteiger partial charge is 0.493 e. The summed E-state index contributed by atoms with van der Waals surface area (Å²) in [4.78, 5) is 15.2. The van der Waals surface area contributed by atoms with E-state index in [2.05, 4.69) is 48.2 Å². The third-order valence-corrected chi connectivity index (χ3v) is 6.64. The molecule has 0 N–H and O–H groups in total. The van der Waals surface area contributed by atoms with Crippen LogP contribution in [0.5, 0.6) is 11.5 Å². The lowest BCUT2D eigenvalue weighted by atomic mass is 9.73. The molecule has 1 heterocycles. The summed E-state index contributed by atoms with van der Waals surface area (Å²) < 4.78 is 11.7. The van der Waals surface area contributed by atoms with Gasteiger partial charge in [0.1, 0.15) is 12.4 Å². The van der Waals surface area contributed by atoms with Crippen LogP contribution in [0.1, 0.15) is 36.5 Å². The van der Waals surface area contributed by atoms with Crippen molar-refractivity contribution in [1.29, 1.82) is 0 Å². The van der Waals surface area contributed by atoms with Crippen LogP contribution >= 0.6 is 0 Å². The molecule has 32 heavy (non-hydrogen) atoms. The number of benzene rings is 3. The van der Waals surface area contributed by atoms with Crippen molar-refractivity contribution in [2.45, 2.75) is 32.9 Å². The monoisotopic (exact) mass is 429 g/mol. The van der Waals surface area contributed by atoms with E-state index in [1.807, 2.05) is 42.5 Å². The van der Waals surface area contributed by atoms with Crippen molar-refractivity contribution in [1.82, 2.24) is 4.90 Å². The predicted octanol–water partition coefficient (Wildman–Crippen LogP) is 5.47. The third kappa shape index (κ3) is 4.71. The van der Waals surface area contributed by atoms with Crippen molar-refractivity contribution in [2.24, 2.45) is 5.41 Å². The molecule has 4 rings (SSSR count). The number of hydrogen-bond donors (Lipinski definition) is 0. The molecule has 1 fully saturated rings. The van der Waals surface area contributed by atoms with Crippen LogP contribution in [0.3, 0.4) is 0 Å². The van der Waals surface area contributed by atoms with E-state index < -0.39 is 5.41 Å². The summed E-state index contributed by atoms with van der Waals surface area (Å²) in [7, 11) is 1.65. The van der Waals surface area contributed by atoms with Gasteiger partial charge in [0.05, 0.1) is 7.11 Å². The zero-order chi connectivity index (χ0) is 22.6. The Morgan fingerprint density at radius 2 is 1.62 bits per heavy atom. The van der Waals surface area contributed by atoms with Crippen LogP contribution in [-0.2, 0) is 17.9 Å². The highest BCUT2D eigenvalue weighted by atomic mass is 16.5. The molecule has 3 aromatic rings. The summed E-state index contributed by atoms with van der Waals surface area (Å²) in [5.41, 5.74) is 3.03. The lowest BCUT2D eigenvalue weighted by Gasteiger charge is -2.28. The van der Waals surface area contributed by atoms with Crippen LogP contribution < -0.4 is 9.47 Å². The van der Waals surface area contributed by atoms with E-state index in [0.29, 0.717) is 18.1 Å². The van der Waals surface area contributed by atoms with Gasteiger partial charge < -0.3 is 9.47 Å². The molecule has 0 saturated carbocycles. The Bertz CT molecular complexity index is 1050. The van der Waals surface area contributed by atoms with E-state index >= 15 is 0 Å². The second kappa shape index (κ2) is 9.58. The first-order valence-corrected chi connectivity index (χ1v) is 11.1. The second-order valence-corrected chi connectivity index (χ2v) is 8.87. The molecule has 1 aliphatic heterocycles. The molecule has 4 nitrogen and oxygen atoms in total. The quantitative estimate of drug-likeness (QED) is 0.476. The van der Waals surface area contributed by atoms with Gasteiger partial charge in [0, 0.05) is 31.0 Å². The van der Waals surface area contributed by atoms with Gasteiger partial charge in [-0.2, -0.15) is 0 Å². The summed E-state index contributed by atoms with van der Waals surface area (Å²) in [6.07, 6.45) is 0. The number of Topliss-reactive ketones (excluding diaryl/α,β-unsaturated/α-hetero) is 1. The van der Waals surface area contributed by atoms with E-state index in [0.717, 1.165) is 30.8 Å². The molecule has 4 heteroatoms. The molecule has 2 unspecified atom stereocenters. The molecule has 1 saturated heterocycles. The molecule has 0 aliphatic carbocycles. The zero-order valence-electron chi connectivity index (χ0n) is 19.1. The highest BCUT2D eigenvalue weighted by molar-refractivity contribution is 5.84. The fourth-order valence-electron chi connectivity index (χ4n) is 4.65. The zero-order valence-corrected chi connectivity index (χ0v) is 19.1. The summed E-state index contributed by atoms with van der Waals surface area (Å²) >= 11 is 0. The summed E-state index contributed by atoms with van der Waals surface area (Å²) in [5, 5.41) is 0. The number of nitrogens with zero attached hydrogens (tertiary/aromatic N) is 1. The van der Waals surface area contributed by atoms with Gasteiger partial charge in [-0.05, 0) is 35.7 Å². The van der Waals surface area contributed by atoms with Crippen molar-refractivity contribution in [3.05, 3.63) is 95.6 Å². The van der Waals surface area contributed by atoms with Crippen LogP contribution in [0.15, 0.2) is 78.9 Å². The molecule has 0 aromatic heterocycles. The van der Waals surface area contributed by atoms with Crippen LogP contribution in [0.4, 0.5) is 0 Å². The molecule has 2 atom stereocenters. The Labute approximate surface area is 190 Å². The van der Waals surface area contributed by atoms with Gasteiger partial charge in [-0.1, -0.05) is 73.7 Å². The van der Waals surface area contributed by atoms with Crippen molar-refractivity contribution in [3.63, 3.8) is 0 Å². The summed E-state index contributed by atoms with van der Waals surface area (Å²) in [5.74, 6) is 1.73. The minimum Gasteiger partial charge on any atom is -0.493 e. The minimum atomic E-state index is -0.444. The molecular formula is C28H31NO3. The summed E-state index contributed by atoms with van der Waals surface area (Å²) in [6, 6.07) is 26.6. The fraction of sp³-hybridized carbons (Fsp3) is 0.321. The SMILES string of the molecule is COc1ccc(C2CN(Cc3ccccc3)CC2(C)C(C)=O)cc1OCc1ccccc1. The fourth-order valence-corrected chi connectivity index (χ4v) is 4.65. The van der Waals surface area contributed by atoms with Crippen LogP contribution in [0.2, 0.25) is 0 Å².